The molecule has 2 fully saturated rings. The third-order valence-electron chi connectivity index (χ3n) is 4.34. The fourth-order valence-electron chi connectivity index (χ4n) is 2.83. The van der Waals surface area contributed by atoms with Gasteiger partial charge in [-0.05, 0) is 25.0 Å². The molecule has 4 rings (SSSR count). The van der Waals surface area contributed by atoms with Gasteiger partial charge in [0.25, 0.3) is 0 Å². The fourth-order valence-corrected chi connectivity index (χ4v) is 2.83. The van der Waals surface area contributed by atoms with E-state index in [4.69, 9.17) is 8.94 Å². The third-order valence-corrected chi connectivity index (χ3v) is 4.34. The molecule has 2 aromatic rings. The summed E-state index contributed by atoms with van der Waals surface area (Å²) in [6.45, 7) is 4.63. The highest BCUT2D eigenvalue weighted by Gasteiger charge is 2.25. The van der Waals surface area contributed by atoms with Crippen LogP contribution in [0.4, 0.5) is 0 Å². The summed E-state index contributed by atoms with van der Waals surface area (Å²) in [6, 6.07) is 4.03. The van der Waals surface area contributed by atoms with Gasteiger partial charge >= 0.3 is 0 Å². The second-order valence-electron chi connectivity index (χ2n) is 6.38. The molecule has 0 radical (unpaired) electrons. The van der Waals surface area contributed by atoms with E-state index in [0.717, 1.165) is 39.0 Å². The minimum Gasteiger partial charge on any atom is -0.461 e. The number of amides is 1. The number of hydrogen-bond donors (Lipinski definition) is 1. The summed E-state index contributed by atoms with van der Waals surface area (Å²) >= 11 is 0. The lowest BCUT2D eigenvalue weighted by Crippen LogP contribution is -2.49. The number of carbonyl (C=O) groups excluding carboxylic acids is 1. The van der Waals surface area contributed by atoms with Crippen LogP contribution < -0.4 is 5.32 Å². The number of nitrogens with zero attached hydrogens (tertiary/aromatic N) is 4. The lowest BCUT2D eigenvalue weighted by atomic mass is 10.3. The van der Waals surface area contributed by atoms with E-state index in [9.17, 15) is 4.79 Å². The second kappa shape index (κ2) is 6.74. The summed E-state index contributed by atoms with van der Waals surface area (Å²) in [4.78, 5) is 20.7. The van der Waals surface area contributed by atoms with Gasteiger partial charge in [-0.2, -0.15) is 4.98 Å². The molecule has 2 aromatic heterocycles. The van der Waals surface area contributed by atoms with Crippen molar-refractivity contribution in [2.45, 2.75) is 25.4 Å². The molecule has 1 amide bonds. The van der Waals surface area contributed by atoms with Crippen LogP contribution in [0.3, 0.4) is 0 Å². The Kier molecular flexibility index (Phi) is 4.31. The van der Waals surface area contributed by atoms with Crippen LogP contribution in [0.1, 0.15) is 18.7 Å². The SMILES string of the molecule is O=C(CN1CCN(Cc2nc(-c3ccco3)no2)CC1)NC1CC1. The highest BCUT2D eigenvalue weighted by Crippen LogP contribution is 2.19. The van der Waals surface area contributed by atoms with Crippen molar-refractivity contribution < 1.29 is 13.7 Å². The van der Waals surface area contributed by atoms with Crippen LogP contribution >= 0.6 is 0 Å². The van der Waals surface area contributed by atoms with Crippen molar-refractivity contribution in [3.63, 3.8) is 0 Å². The zero-order valence-electron chi connectivity index (χ0n) is 13.5. The Labute approximate surface area is 139 Å². The maximum atomic E-state index is 11.8. The fraction of sp³-hybridized carbons (Fsp3) is 0.562. The Morgan fingerprint density at radius 3 is 2.75 bits per heavy atom. The van der Waals surface area contributed by atoms with Crippen molar-refractivity contribution in [3.05, 3.63) is 24.3 Å². The average molecular weight is 331 g/mol. The summed E-state index contributed by atoms with van der Waals surface area (Å²) in [5.41, 5.74) is 0. The van der Waals surface area contributed by atoms with Crippen molar-refractivity contribution in [1.82, 2.24) is 25.3 Å². The van der Waals surface area contributed by atoms with Gasteiger partial charge in [0.05, 0.1) is 19.4 Å². The smallest absolute Gasteiger partial charge is 0.241 e. The molecule has 0 atom stereocenters. The topological polar surface area (TPSA) is 87.6 Å². The van der Waals surface area contributed by atoms with Crippen molar-refractivity contribution in [2.75, 3.05) is 32.7 Å². The molecule has 8 nitrogen and oxygen atoms in total. The Morgan fingerprint density at radius 1 is 1.25 bits per heavy atom. The van der Waals surface area contributed by atoms with Gasteiger partial charge in [-0.15, -0.1) is 0 Å². The number of furan rings is 1. The molecule has 2 aliphatic rings. The summed E-state index contributed by atoms with van der Waals surface area (Å²) in [5, 5.41) is 6.97. The van der Waals surface area contributed by atoms with Crippen LogP contribution in [0.5, 0.6) is 0 Å². The largest absolute Gasteiger partial charge is 0.461 e. The first-order valence-electron chi connectivity index (χ1n) is 8.37. The Hall–Kier alpha value is -2.19. The Morgan fingerprint density at radius 2 is 2.04 bits per heavy atom. The molecule has 0 aromatic carbocycles. The van der Waals surface area contributed by atoms with Gasteiger partial charge in [0.2, 0.25) is 17.6 Å². The van der Waals surface area contributed by atoms with Crippen LogP contribution in [0, 0.1) is 0 Å². The molecule has 3 heterocycles. The molecule has 0 unspecified atom stereocenters. The number of carbonyl (C=O) groups is 1. The van der Waals surface area contributed by atoms with Crippen molar-refractivity contribution in [1.29, 1.82) is 0 Å². The van der Waals surface area contributed by atoms with Crippen LogP contribution in [-0.4, -0.2) is 64.6 Å². The summed E-state index contributed by atoms with van der Waals surface area (Å²) < 4.78 is 10.6. The van der Waals surface area contributed by atoms with E-state index >= 15 is 0 Å². The van der Waals surface area contributed by atoms with E-state index in [1.807, 2.05) is 0 Å². The van der Waals surface area contributed by atoms with E-state index in [2.05, 4.69) is 25.3 Å². The van der Waals surface area contributed by atoms with Gasteiger partial charge in [0, 0.05) is 32.2 Å². The van der Waals surface area contributed by atoms with Crippen molar-refractivity contribution in [3.8, 4) is 11.6 Å². The minimum atomic E-state index is 0.144. The first-order chi connectivity index (χ1) is 11.8. The molecule has 0 spiro atoms. The number of hydrogen-bond acceptors (Lipinski definition) is 7. The number of aromatic nitrogens is 2. The van der Waals surface area contributed by atoms with Crippen LogP contribution in [0.15, 0.2) is 27.3 Å². The lowest BCUT2D eigenvalue weighted by Gasteiger charge is -2.33. The monoisotopic (exact) mass is 331 g/mol. The van der Waals surface area contributed by atoms with E-state index in [-0.39, 0.29) is 5.91 Å². The summed E-state index contributed by atoms with van der Waals surface area (Å²) in [5.74, 6) is 1.81. The first-order valence-corrected chi connectivity index (χ1v) is 8.37. The van der Waals surface area contributed by atoms with E-state index < -0.39 is 0 Å². The van der Waals surface area contributed by atoms with Crippen LogP contribution in [-0.2, 0) is 11.3 Å². The zero-order valence-corrected chi connectivity index (χ0v) is 13.5. The van der Waals surface area contributed by atoms with Gasteiger partial charge in [0.15, 0.2) is 5.76 Å². The molecule has 8 heteroatoms. The highest BCUT2D eigenvalue weighted by atomic mass is 16.5. The molecular formula is C16H21N5O3. The maximum absolute atomic E-state index is 11.8. The third kappa shape index (κ3) is 3.82. The van der Waals surface area contributed by atoms with E-state index in [0.29, 0.717) is 36.6 Å². The van der Waals surface area contributed by atoms with Crippen LogP contribution in [0.2, 0.25) is 0 Å². The normalized spacial score (nSPS) is 19.5. The molecular weight excluding hydrogens is 310 g/mol. The van der Waals surface area contributed by atoms with Crippen LogP contribution in [0.25, 0.3) is 11.6 Å². The molecule has 1 aliphatic heterocycles. The van der Waals surface area contributed by atoms with E-state index in [1.165, 1.54) is 0 Å². The van der Waals surface area contributed by atoms with Crippen molar-refractivity contribution >= 4 is 5.91 Å². The molecule has 1 saturated heterocycles. The molecule has 24 heavy (non-hydrogen) atoms. The van der Waals surface area contributed by atoms with Crippen molar-refractivity contribution in [2.24, 2.45) is 0 Å². The van der Waals surface area contributed by atoms with Gasteiger partial charge < -0.3 is 14.3 Å². The Balaban J connectivity index is 1.23. The first kappa shape index (κ1) is 15.3. The average Bonchev–Trinajstić information content (AvgIpc) is 3.04. The minimum absolute atomic E-state index is 0.144. The quantitative estimate of drug-likeness (QED) is 0.834. The zero-order chi connectivity index (χ0) is 16.4. The highest BCUT2D eigenvalue weighted by molar-refractivity contribution is 5.78. The number of nitrogens with one attached hydrogen (secondary N) is 1. The summed E-state index contributed by atoms with van der Waals surface area (Å²) in [7, 11) is 0. The van der Waals surface area contributed by atoms with Gasteiger partial charge in [-0.1, -0.05) is 5.16 Å². The predicted molar refractivity (Wildman–Crippen MR) is 84.9 cm³/mol. The predicted octanol–water partition coefficient (Wildman–Crippen LogP) is 0.726. The van der Waals surface area contributed by atoms with Gasteiger partial charge in [-0.25, -0.2) is 0 Å². The van der Waals surface area contributed by atoms with Gasteiger partial charge in [0.1, 0.15) is 0 Å². The summed E-state index contributed by atoms with van der Waals surface area (Å²) in [6.07, 6.45) is 3.84. The van der Waals surface area contributed by atoms with Gasteiger partial charge in [-0.3, -0.25) is 14.6 Å². The molecule has 128 valence electrons. The maximum Gasteiger partial charge on any atom is 0.241 e. The Bertz CT molecular complexity index is 672. The number of rotatable bonds is 6. The molecule has 1 aliphatic carbocycles. The second-order valence-corrected chi connectivity index (χ2v) is 6.38. The lowest BCUT2D eigenvalue weighted by molar-refractivity contribution is -0.122. The molecule has 1 N–H and O–H groups in total. The van der Waals surface area contributed by atoms with E-state index in [1.54, 1.807) is 18.4 Å². The molecule has 1 saturated carbocycles. The molecule has 0 bridgehead atoms. The standard InChI is InChI=1S/C16H21N5O3/c22-14(17-12-3-4-12)10-20-5-7-21(8-6-20)11-15-18-16(19-24-15)13-2-1-9-23-13/h1-2,9,12H,3-8,10-11H2,(H,17,22). The number of piperazine rings is 1.